The Bertz CT molecular complexity index is 987. The second-order valence-electron chi connectivity index (χ2n) is 6.92. The largest absolute Gasteiger partial charge is 0.459 e. The Kier molecular flexibility index (Phi) is 7.94. The second-order valence-corrected chi connectivity index (χ2v) is 6.92. The van der Waals surface area contributed by atoms with Gasteiger partial charge in [-0.15, -0.1) is 0 Å². The molecule has 0 radical (unpaired) electrons. The van der Waals surface area contributed by atoms with Crippen molar-refractivity contribution in [2.45, 2.75) is 25.7 Å². The van der Waals surface area contributed by atoms with Crippen LogP contribution in [-0.4, -0.2) is 24.4 Å². The van der Waals surface area contributed by atoms with E-state index in [1.807, 2.05) is 60.7 Å². The molecule has 0 aliphatic carbocycles. The van der Waals surface area contributed by atoms with Crippen LogP contribution in [0.1, 0.15) is 27.0 Å². The van der Waals surface area contributed by atoms with Crippen LogP contribution in [0, 0.1) is 0 Å². The van der Waals surface area contributed by atoms with Crippen molar-refractivity contribution >= 4 is 18.3 Å². The second kappa shape index (κ2) is 11.3. The molecule has 0 aliphatic heterocycles. The standard InChI is InChI=1S/C25H23NO5/c27-16-20-13-11-19(12-14-20)15-23(24(28)30-17-21-7-3-1-4-8-21)26-25(29)31-18-22-9-5-2-6-10-22/h1-14,16,23H,15,17-18H2,(H,26,29)/t23-/m0/s1. The molecule has 31 heavy (non-hydrogen) atoms. The van der Waals surface area contributed by atoms with Crippen LogP contribution in [0.3, 0.4) is 0 Å². The summed E-state index contributed by atoms with van der Waals surface area (Å²) in [4.78, 5) is 35.9. The van der Waals surface area contributed by atoms with Crippen LogP contribution in [-0.2, 0) is 33.9 Å². The maximum Gasteiger partial charge on any atom is 0.408 e. The lowest BCUT2D eigenvalue weighted by molar-refractivity contribution is -0.147. The predicted molar refractivity (Wildman–Crippen MR) is 115 cm³/mol. The molecule has 0 aliphatic rings. The number of carbonyl (C=O) groups excluding carboxylic acids is 3. The molecule has 0 heterocycles. The van der Waals surface area contributed by atoms with Gasteiger partial charge in [-0.25, -0.2) is 9.59 Å². The van der Waals surface area contributed by atoms with E-state index in [0.29, 0.717) is 5.56 Å². The highest BCUT2D eigenvalue weighted by Crippen LogP contribution is 2.10. The first-order chi connectivity index (χ1) is 15.1. The third kappa shape index (κ3) is 7.12. The molecule has 1 amide bonds. The smallest absolute Gasteiger partial charge is 0.408 e. The van der Waals surface area contributed by atoms with Gasteiger partial charge >= 0.3 is 12.1 Å². The molecule has 6 heteroatoms. The number of ether oxygens (including phenoxy) is 2. The van der Waals surface area contributed by atoms with Gasteiger partial charge in [-0.1, -0.05) is 84.9 Å². The molecule has 3 aromatic carbocycles. The summed E-state index contributed by atoms with van der Waals surface area (Å²) in [5, 5.41) is 2.60. The molecule has 3 rings (SSSR count). The van der Waals surface area contributed by atoms with Crippen LogP contribution < -0.4 is 5.32 Å². The van der Waals surface area contributed by atoms with Crippen LogP contribution in [0.5, 0.6) is 0 Å². The van der Waals surface area contributed by atoms with Crippen molar-refractivity contribution in [3.05, 3.63) is 107 Å². The molecule has 0 spiro atoms. The van der Waals surface area contributed by atoms with Gasteiger partial charge in [0, 0.05) is 12.0 Å². The molecule has 158 valence electrons. The fraction of sp³-hybridized carbons (Fsp3) is 0.160. The van der Waals surface area contributed by atoms with Gasteiger partial charge in [0.25, 0.3) is 0 Å². The number of alkyl carbamates (subject to hydrolysis) is 1. The zero-order valence-corrected chi connectivity index (χ0v) is 16.9. The number of aldehydes is 1. The van der Waals surface area contributed by atoms with Gasteiger partial charge in [-0.3, -0.25) is 4.79 Å². The molecule has 0 bridgehead atoms. The summed E-state index contributed by atoms with van der Waals surface area (Å²) in [5.41, 5.74) is 2.99. The Morgan fingerprint density at radius 1 is 0.742 bits per heavy atom. The van der Waals surface area contributed by atoms with E-state index in [2.05, 4.69) is 5.32 Å². The molecule has 6 nitrogen and oxygen atoms in total. The van der Waals surface area contributed by atoms with Crippen molar-refractivity contribution in [3.63, 3.8) is 0 Å². The van der Waals surface area contributed by atoms with Crippen LogP contribution in [0.2, 0.25) is 0 Å². The highest BCUT2D eigenvalue weighted by Gasteiger charge is 2.24. The van der Waals surface area contributed by atoms with E-state index in [1.54, 1.807) is 24.3 Å². The van der Waals surface area contributed by atoms with E-state index in [1.165, 1.54) is 0 Å². The van der Waals surface area contributed by atoms with Gasteiger partial charge in [0.15, 0.2) is 0 Å². The number of nitrogens with one attached hydrogen (secondary N) is 1. The lowest BCUT2D eigenvalue weighted by Gasteiger charge is -2.18. The van der Waals surface area contributed by atoms with Crippen LogP contribution >= 0.6 is 0 Å². The van der Waals surface area contributed by atoms with Gasteiger partial charge in [0.2, 0.25) is 0 Å². The normalized spacial score (nSPS) is 11.2. The topological polar surface area (TPSA) is 81.7 Å². The molecular weight excluding hydrogens is 394 g/mol. The van der Waals surface area contributed by atoms with Gasteiger partial charge in [-0.2, -0.15) is 0 Å². The number of hydrogen-bond acceptors (Lipinski definition) is 5. The molecular formula is C25H23NO5. The molecule has 0 saturated carbocycles. The minimum Gasteiger partial charge on any atom is -0.459 e. The quantitative estimate of drug-likeness (QED) is 0.419. The van der Waals surface area contributed by atoms with E-state index in [-0.39, 0.29) is 19.6 Å². The zero-order valence-electron chi connectivity index (χ0n) is 16.9. The third-order valence-electron chi connectivity index (χ3n) is 4.57. The average molecular weight is 417 g/mol. The van der Waals surface area contributed by atoms with Gasteiger partial charge < -0.3 is 14.8 Å². The fourth-order valence-corrected chi connectivity index (χ4v) is 2.90. The van der Waals surface area contributed by atoms with E-state index in [9.17, 15) is 14.4 Å². The minimum atomic E-state index is -0.936. The molecule has 0 aromatic heterocycles. The SMILES string of the molecule is O=Cc1ccc(C[C@H](NC(=O)OCc2ccccc2)C(=O)OCc2ccccc2)cc1. The van der Waals surface area contributed by atoms with Crippen LogP contribution in [0.15, 0.2) is 84.9 Å². The highest BCUT2D eigenvalue weighted by molar-refractivity contribution is 5.81. The summed E-state index contributed by atoms with van der Waals surface area (Å²) in [6.45, 7) is 0.188. The Hall–Kier alpha value is -3.93. The Labute approximate surface area is 180 Å². The first kappa shape index (κ1) is 21.8. The van der Waals surface area contributed by atoms with Gasteiger partial charge in [0.1, 0.15) is 25.5 Å². The van der Waals surface area contributed by atoms with E-state index in [0.717, 1.165) is 23.0 Å². The maximum atomic E-state index is 12.7. The highest BCUT2D eigenvalue weighted by atomic mass is 16.6. The van der Waals surface area contributed by atoms with Gasteiger partial charge in [0.05, 0.1) is 0 Å². The number of rotatable bonds is 9. The molecule has 3 aromatic rings. The van der Waals surface area contributed by atoms with Crippen LogP contribution in [0.25, 0.3) is 0 Å². The van der Waals surface area contributed by atoms with Crippen molar-refractivity contribution < 1.29 is 23.9 Å². The van der Waals surface area contributed by atoms with Crippen molar-refractivity contribution in [2.75, 3.05) is 0 Å². The maximum absolute atomic E-state index is 12.7. The minimum absolute atomic E-state index is 0.0898. The average Bonchev–Trinajstić information content (AvgIpc) is 2.82. The summed E-state index contributed by atoms with van der Waals surface area (Å²) >= 11 is 0. The van der Waals surface area contributed by atoms with Crippen molar-refractivity contribution in [1.29, 1.82) is 0 Å². The van der Waals surface area contributed by atoms with Gasteiger partial charge in [-0.05, 0) is 16.7 Å². The van der Waals surface area contributed by atoms with Crippen molar-refractivity contribution in [3.8, 4) is 0 Å². The molecule has 1 atom stereocenters. The lowest BCUT2D eigenvalue weighted by atomic mass is 10.0. The van der Waals surface area contributed by atoms with Crippen molar-refractivity contribution in [2.24, 2.45) is 0 Å². The number of esters is 1. The number of hydrogen-bond donors (Lipinski definition) is 1. The molecule has 0 saturated heterocycles. The van der Waals surface area contributed by atoms with Crippen LogP contribution in [0.4, 0.5) is 4.79 Å². The van der Waals surface area contributed by atoms with E-state index >= 15 is 0 Å². The third-order valence-corrected chi connectivity index (χ3v) is 4.57. The Morgan fingerprint density at radius 3 is 1.84 bits per heavy atom. The van der Waals surface area contributed by atoms with E-state index in [4.69, 9.17) is 9.47 Å². The number of amides is 1. The molecule has 1 N–H and O–H groups in total. The first-order valence-corrected chi connectivity index (χ1v) is 9.86. The first-order valence-electron chi connectivity index (χ1n) is 9.86. The summed E-state index contributed by atoms with van der Waals surface area (Å²) < 4.78 is 10.6. The number of benzene rings is 3. The fourth-order valence-electron chi connectivity index (χ4n) is 2.90. The molecule has 0 unspecified atom stereocenters. The Morgan fingerprint density at radius 2 is 1.29 bits per heavy atom. The number of carbonyl (C=O) groups is 3. The summed E-state index contributed by atoms with van der Waals surface area (Å²) in [6.07, 6.45) is 0.233. The zero-order chi connectivity index (χ0) is 21.9. The summed E-state index contributed by atoms with van der Waals surface area (Å²) in [7, 11) is 0. The van der Waals surface area contributed by atoms with E-state index < -0.39 is 18.1 Å². The monoisotopic (exact) mass is 417 g/mol. The predicted octanol–water partition coefficient (Wildman–Crippen LogP) is 4.08. The summed E-state index contributed by atoms with van der Waals surface area (Å²) in [5.74, 6) is -0.569. The molecule has 0 fully saturated rings. The lowest BCUT2D eigenvalue weighted by Crippen LogP contribution is -2.43. The van der Waals surface area contributed by atoms with Crippen molar-refractivity contribution in [1.82, 2.24) is 5.32 Å². The Balaban J connectivity index is 1.63. The summed E-state index contributed by atoms with van der Waals surface area (Å²) in [6, 6.07) is 24.4.